The number of hydrogen-bond donors (Lipinski definition) is 1. The van der Waals surface area contributed by atoms with Crippen LogP contribution in [0.15, 0.2) is 10.6 Å². The Morgan fingerprint density at radius 3 is 2.91 bits per heavy atom. The van der Waals surface area contributed by atoms with Gasteiger partial charge in [-0.2, -0.15) is 0 Å². The van der Waals surface area contributed by atoms with Gasteiger partial charge in [-0.3, -0.25) is 0 Å². The van der Waals surface area contributed by atoms with Crippen molar-refractivity contribution >= 4 is 15.9 Å². The van der Waals surface area contributed by atoms with Gasteiger partial charge in [0.2, 0.25) is 0 Å². The second-order valence-electron chi connectivity index (χ2n) is 3.23. The zero-order valence-corrected chi connectivity index (χ0v) is 8.52. The van der Waals surface area contributed by atoms with E-state index in [0.717, 1.165) is 36.6 Å². The summed E-state index contributed by atoms with van der Waals surface area (Å²) in [4.78, 5) is 0. The number of unbranched alkanes of at least 4 members (excludes halogenated alkanes) is 1. The van der Waals surface area contributed by atoms with Gasteiger partial charge in [0.15, 0.2) is 0 Å². The van der Waals surface area contributed by atoms with Crippen molar-refractivity contribution in [3.63, 3.8) is 0 Å². The SMILES string of the molecule is CCCCC1(O)CCC=C1Br. The van der Waals surface area contributed by atoms with E-state index in [9.17, 15) is 5.11 Å². The van der Waals surface area contributed by atoms with E-state index in [1.165, 1.54) is 0 Å². The lowest BCUT2D eigenvalue weighted by Gasteiger charge is -2.22. The van der Waals surface area contributed by atoms with Gasteiger partial charge in [0.25, 0.3) is 0 Å². The summed E-state index contributed by atoms with van der Waals surface area (Å²) in [6.45, 7) is 2.15. The van der Waals surface area contributed by atoms with Gasteiger partial charge in [0, 0.05) is 4.48 Å². The summed E-state index contributed by atoms with van der Waals surface area (Å²) < 4.78 is 0.999. The highest BCUT2D eigenvalue weighted by atomic mass is 79.9. The van der Waals surface area contributed by atoms with Crippen LogP contribution in [0.2, 0.25) is 0 Å². The van der Waals surface area contributed by atoms with E-state index in [2.05, 4.69) is 28.9 Å². The average Bonchev–Trinajstić information content (AvgIpc) is 2.30. The molecule has 11 heavy (non-hydrogen) atoms. The van der Waals surface area contributed by atoms with E-state index in [-0.39, 0.29) is 0 Å². The fourth-order valence-corrected chi connectivity index (χ4v) is 2.09. The van der Waals surface area contributed by atoms with Gasteiger partial charge in [-0.05, 0) is 19.3 Å². The molecular weight excluding hydrogens is 204 g/mol. The Morgan fingerprint density at radius 1 is 1.73 bits per heavy atom. The van der Waals surface area contributed by atoms with Crippen LogP contribution in [0.25, 0.3) is 0 Å². The first-order chi connectivity index (χ1) is 5.19. The maximum absolute atomic E-state index is 9.98. The standard InChI is InChI=1S/C9H15BrO/c1-2-3-6-9(11)7-4-5-8(9)10/h5,11H,2-4,6-7H2,1H3. The van der Waals surface area contributed by atoms with Crippen molar-refractivity contribution in [3.05, 3.63) is 10.6 Å². The zero-order chi connectivity index (χ0) is 8.32. The van der Waals surface area contributed by atoms with Crippen molar-refractivity contribution in [2.45, 2.75) is 44.6 Å². The summed E-state index contributed by atoms with van der Waals surface area (Å²) >= 11 is 3.40. The number of allylic oxidation sites excluding steroid dienone is 1. The lowest BCUT2D eigenvalue weighted by molar-refractivity contribution is 0.0762. The van der Waals surface area contributed by atoms with Crippen molar-refractivity contribution in [2.24, 2.45) is 0 Å². The Balaban J connectivity index is 2.46. The molecule has 1 nitrogen and oxygen atoms in total. The molecule has 64 valence electrons. The minimum Gasteiger partial charge on any atom is -0.385 e. The highest BCUT2D eigenvalue weighted by molar-refractivity contribution is 9.11. The first-order valence-corrected chi connectivity index (χ1v) is 5.07. The Kier molecular flexibility index (Phi) is 3.14. The molecule has 2 heteroatoms. The molecule has 0 aromatic carbocycles. The van der Waals surface area contributed by atoms with Crippen molar-refractivity contribution < 1.29 is 5.11 Å². The summed E-state index contributed by atoms with van der Waals surface area (Å²) in [5, 5.41) is 9.98. The fourth-order valence-electron chi connectivity index (χ4n) is 1.46. The Bertz CT molecular complexity index is 165. The van der Waals surface area contributed by atoms with Crippen LogP contribution in [0.4, 0.5) is 0 Å². The molecule has 1 N–H and O–H groups in total. The topological polar surface area (TPSA) is 20.2 Å². The molecule has 0 amide bonds. The quantitative estimate of drug-likeness (QED) is 0.773. The number of halogens is 1. The van der Waals surface area contributed by atoms with Gasteiger partial charge in [-0.15, -0.1) is 0 Å². The minimum atomic E-state index is -0.518. The van der Waals surface area contributed by atoms with Crippen LogP contribution >= 0.6 is 15.9 Å². The minimum absolute atomic E-state index is 0.518. The molecular formula is C9H15BrO. The lowest BCUT2D eigenvalue weighted by Crippen LogP contribution is -2.25. The van der Waals surface area contributed by atoms with Crippen molar-refractivity contribution in [1.29, 1.82) is 0 Å². The van der Waals surface area contributed by atoms with Gasteiger partial charge < -0.3 is 5.11 Å². The molecule has 0 heterocycles. The molecule has 0 saturated heterocycles. The first-order valence-electron chi connectivity index (χ1n) is 4.27. The molecule has 0 aromatic rings. The van der Waals surface area contributed by atoms with Crippen LogP contribution in [0.5, 0.6) is 0 Å². The molecule has 1 aliphatic rings. The molecule has 1 unspecified atom stereocenters. The Hall–Kier alpha value is 0.180. The highest BCUT2D eigenvalue weighted by Crippen LogP contribution is 2.37. The van der Waals surface area contributed by atoms with Crippen molar-refractivity contribution in [2.75, 3.05) is 0 Å². The first kappa shape index (κ1) is 9.27. The average molecular weight is 219 g/mol. The van der Waals surface area contributed by atoms with Gasteiger partial charge in [-0.25, -0.2) is 0 Å². The van der Waals surface area contributed by atoms with Gasteiger partial charge in [0.05, 0.1) is 5.60 Å². The Morgan fingerprint density at radius 2 is 2.45 bits per heavy atom. The second kappa shape index (κ2) is 3.72. The van der Waals surface area contributed by atoms with Crippen LogP contribution in [0, 0.1) is 0 Å². The molecule has 0 radical (unpaired) electrons. The summed E-state index contributed by atoms with van der Waals surface area (Å²) in [5.74, 6) is 0. The number of aliphatic hydroxyl groups is 1. The highest BCUT2D eigenvalue weighted by Gasteiger charge is 2.32. The molecule has 1 atom stereocenters. The third-order valence-electron chi connectivity index (χ3n) is 2.27. The summed E-state index contributed by atoms with van der Waals surface area (Å²) in [5.41, 5.74) is -0.518. The van der Waals surface area contributed by atoms with Gasteiger partial charge >= 0.3 is 0 Å². The Labute approximate surface area is 76.6 Å². The lowest BCUT2D eigenvalue weighted by atomic mass is 9.96. The maximum Gasteiger partial charge on any atom is 0.0960 e. The van der Waals surface area contributed by atoms with Crippen LogP contribution in [-0.2, 0) is 0 Å². The van der Waals surface area contributed by atoms with E-state index in [1.54, 1.807) is 0 Å². The van der Waals surface area contributed by atoms with Crippen molar-refractivity contribution in [1.82, 2.24) is 0 Å². The third-order valence-corrected chi connectivity index (χ3v) is 3.33. The van der Waals surface area contributed by atoms with Crippen molar-refractivity contribution in [3.8, 4) is 0 Å². The molecule has 0 bridgehead atoms. The van der Waals surface area contributed by atoms with E-state index in [0.29, 0.717) is 0 Å². The maximum atomic E-state index is 9.98. The largest absolute Gasteiger partial charge is 0.385 e. The summed E-state index contributed by atoms with van der Waals surface area (Å²) in [6, 6.07) is 0. The van der Waals surface area contributed by atoms with Crippen LogP contribution in [0.3, 0.4) is 0 Å². The smallest absolute Gasteiger partial charge is 0.0960 e. The number of hydrogen-bond acceptors (Lipinski definition) is 1. The zero-order valence-electron chi connectivity index (χ0n) is 6.94. The summed E-state index contributed by atoms with van der Waals surface area (Å²) in [7, 11) is 0. The van der Waals surface area contributed by atoms with Crippen LogP contribution in [0.1, 0.15) is 39.0 Å². The molecule has 0 saturated carbocycles. The van der Waals surface area contributed by atoms with E-state index >= 15 is 0 Å². The molecule has 0 fully saturated rings. The fraction of sp³-hybridized carbons (Fsp3) is 0.778. The van der Waals surface area contributed by atoms with Gasteiger partial charge in [0.1, 0.15) is 0 Å². The molecule has 0 spiro atoms. The second-order valence-corrected chi connectivity index (χ2v) is 4.08. The van der Waals surface area contributed by atoms with E-state index in [4.69, 9.17) is 0 Å². The summed E-state index contributed by atoms with van der Waals surface area (Å²) in [6.07, 6.45) is 7.16. The van der Waals surface area contributed by atoms with Crippen LogP contribution in [-0.4, -0.2) is 10.7 Å². The predicted octanol–water partition coefficient (Wildman–Crippen LogP) is 2.98. The molecule has 1 rings (SSSR count). The normalized spacial score (nSPS) is 30.6. The molecule has 1 aliphatic carbocycles. The predicted molar refractivity (Wildman–Crippen MR) is 50.7 cm³/mol. The van der Waals surface area contributed by atoms with E-state index in [1.807, 2.05) is 0 Å². The van der Waals surface area contributed by atoms with Gasteiger partial charge in [-0.1, -0.05) is 41.8 Å². The molecule has 0 aliphatic heterocycles. The third kappa shape index (κ3) is 2.06. The monoisotopic (exact) mass is 218 g/mol. The number of rotatable bonds is 3. The van der Waals surface area contributed by atoms with E-state index < -0.39 is 5.60 Å². The van der Waals surface area contributed by atoms with Crippen LogP contribution < -0.4 is 0 Å². The molecule has 0 aromatic heterocycles.